The van der Waals surface area contributed by atoms with Crippen LogP contribution in [-0.2, 0) is 11.2 Å². The van der Waals surface area contributed by atoms with Gasteiger partial charge in [0.15, 0.2) is 4.34 Å². The molecule has 1 aliphatic carbocycles. The van der Waals surface area contributed by atoms with Crippen LogP contribution in [0, 0.1) is 0 Å². The third-order valence-corrected chi connectivity index (χ3v) is 5.84. The molecule has 128 valence electrons. The molecule has 0 unspecified atom stereocenters. The highest BCUT2D eigenvalue weighted by molar-refractivity contribution is 8.01. The van der Waals surface area contributed by atoms with E-state index < -0.39 is 0 Å². The smallest absolute Gasteiger partial charge is 0.230 e. The molecule has 0 bridgehead atoms. The average molecular weight is 363 g/mol. The number of thioether (sulfide) groups is 1. The summed E-state index contributed by atoms with van der Waals surface area (Å²) in [5, 5.41) is 15.4. The van der Waals surface area contributed by atoms with Crippen LogP contribution in [0.25, 0.3) is 0 Å². The number of nitrogens with zero attached hydrogens (tertiary/aromatic N) is 2. The number of amides is 1. The van der Waals surface area contributed by atoms with Gasteiger partial charge in [-0.1, -0.05) is 47.4 Å². The normalized spacial score (nSPS) is 16.7. The number of aromatic nitrogens is 2. The van der Waals surface area contributed by atoms with Gasteiger partial charge in [0.25, 0.3) is 0 Å². The molecule has 3 rings (SSSR count). The Hall–Kier alpha value is -1.60. The first-order chi connectivity index (χ1) is 11.6. The molecule has 2 N–H and O–H groups in total. The van der Waals surface area contributed by atoms with Gasteiger partial charge in [-0.25, -0.2) is 0 Å². The Bertz CT molecular complexity index is 701. The summed E-state index contributed by atoms with van der Waals surface area (Å²) in [5.74, 6) is 0.421. The number of nitrogens with one attached hydrogen (secondary N) is 2. The quantitative estimate of drug-likeness (QED) is 0.768. The van der Waals surface area contributed by atoms with E-state index in [-0.39, 0.29) is 11.9 Å². The lowest BCUT2D eigenvalue weighted by Crippen LogP contribution is -2.32. The van der Waals surface area contributed by atoms with Crippen molar-refractivity contribution in [1.82, 2.24) is 15.5 Å². The molecule has 1 aliphatic rings. The zero-order valence-corrected chi connectivity index (χ0v) is 15.5. The van der Waals surface area contributed by atoms with Crippen molar-refractivity contribution in [1.29, 1.82) is 0 Å². The van der Waals surface area contributed by atoms with Crippen LogP contribution < -0.4 is 10.6 Å². The largest absolute Gasteiger partial charge is 0.358 e. The number of hydrogen-bond donors (Lipinski definition) is 2. The van der Waals surface area contributed by atoms with E-state index in [1.165, 1.54) is 34.2 Å². The van der Waals surface area contributed by atoms with Crippen LogP contribution in [0.1, 0.15) is 43.9 Å². The second kappa shape index (κ2) is 7.98. The van der Waals surface area contributed by atoms with Gasteiger partial charge in [-0.3, -0.25) is 4.79 Å². The number of carbonyl (C=O) groups is 1. The van der Waals surface area contributed by atoms with E-state index in [1.54, 1.807) is 0 Å². The summed E-state index contributed by atoms with van der Waals surface area (Å²) in [6.07, 6.45) is 3.23. The van der Waals surface area contributed by atoms with E-state index in [9.17, 15) is 4.79 Å². The molecule has 0 fully saturated rings. The number of hydrogen-bond acceptors (Lipinski definition) is 6. The Labute approximate surface area is 150 Å². The second-order valence-electron chi connectivity index (χ2n) is 6.17. The zero-order chi connectivity index (χ0) is 16.9. The van der Waals surface area contributed by atoms with E-state index in [0.717, 1.165) is 28.7 Å². The first-order valence-electron chi connectivity index (χ1n) is 8.22. The van der Waals surface area contributed by atoms with Gasteiger partial charge in [-0.05, 0) is 44.2 Å². The Morgan fingerprint density at radius 1 is 1.38 bits per heavy atom. The van der Waals surface area contributed by atoms with Crippen LogP contribution in [0.15, 0.2) is 28.6 Å². The van der Waals surface area contributed by atoms with E-state index in [2.05, 4.69) is 52.9 Å². The molecular formula is C17H22N4OS2. The predicted octanol–water partition coefficient (Wildman–Crippen LogP) is 3.64. The molecule has 7 heteroatoms. The summed E-state index contributed by atoms with van der Waals surface area (Å²) >= 11 is 2.93. The van der Waals surface area contributed by atoms with Gasteiger partial charge in [0, 0.05) is 6.04 Å². The second-order valence-corrected chi connectivity index (χ2v) is 8.37. The molecule has 0 saturated carbocycles. The van der Waals surface area contributed by atoms with E-state index in [4.69, 9.17) is 0 Å². The van der Waals surface area contributed by atoms with E-state index in [0.29, 0.717) is 11.8 Å². The molecule has 1 atom stereocenters. The summed E-state index contributed by atoms with van der Waals surface area (Å²) < 4.78 is 0.817. The van der Waals surface area contributed by atoms with Crippen LogP contribution in [0.4, 0.5) is 5.13 Å². The molecule has 0 spiro atoms. The third-order valence-electron chi connectivity index (χ3n) is 3.85. The molecule has 0 radical (unpaired) electrons. The molecule has 1 heterocycles. The topological polar surface area (TPSA) is 66.9 Å². The monoisotopic (exact) mass is 362 g/mol. The van der Waals surface area contributed by atoms with Crippen LogP contribution in [0.5, 0.6) is 0 Å². The maximum absolute atomic E-state index is 12.3. The van der Waals surface area contributed by atoms with Crippen LogP contribution in [-0.4, -0.2) is 27.9 Å². The molecule has 0 aliphatic heterocycles. The van der Waals surface area contributed by atoms with Crippen molar-refractivity contribution in [2.75, 3.05) is 11.1 Å². The van der Waals surface area contributed by atoms with Crippen molar-refractivity contribution < 1.29 is 4.79 Å². The molecule has 1 aromatic carbocycles. The first kappa shape index (κ1) is 17.2. The van der Waals surface area contributed by atoms with Crippen molar-refractivity contribution in [3.63, 3.8) is 0 Å². The van der Waals surface area contributed by atoms with Crippen molar-refractivity contribution in [2.24, 2.45) is 0 Å². The Balaban J connectivity index is 1.52. The van der Waals surface area contributed by atoms with E-state index >= 15 is 0 Å². The number of anilines is 1. The van der Waals surface area contributed by atoms with Crippen LogP contribution in [0.2, 0.25) is 0 Å². The highest BCUT2D eigenvalue weighted by Gasteiger charge is 2.21. The number of benzene rings is 1. The highest BCUT2D eigenvalue weighted by Crippen LogP contribution is 2.30. The lowest BCUT2D eigenvalue weighted by Gasteiger charge is -2.26. The first-order valence-corrected chi connectivity index (χ1v) is 10.0. The number of rotatable bonds is 6. The molecule has 5 nitrogen and oxygen atoms in total. The van der Waals surface area contributed by atoms with Crippen LogP contribution >= 0.6 is 23.1 Å². The van der Waals surface area contributed by atoms with Gasteiger partial charge >= 0.3 is 0 Å². The van der Waals surface area contributed by atoms with Gasteiger partial charge in [-0.2, -0.15) is 0 Å². The van der Waals surface area contributed by atoms with Crippen molar-refractivity contribution in [3.05, 3.63) is 35.4 Å². The van der Waals surface area contributed by atoms with Crippen molar-refractivity contribution in [2.45, 2.75) is 49.5 Å². The zero-order valence-electron chi connectivity index (χ0n) is 13.9. The summed E-state index contributed by atoms with van der Waals surface area (Å²) in [6, 6.07) is 8.86. The van der Waals surface area contributed by atoms with Gasteiger partial charge in [0.05, 0.1) is 11.8 Å². The molecule has 2 aromatic rings. The highest BCUT2D eigenvalue weighted by atomic mass is 32.2. The minimum absolute atomic E-state index is 0.0512. The van der Waals surface area contributed by atoms with Gasteiger partial charge in [0.1, 0.15) is 0 Å². The number of fused-ring (bicyclic) bond motifs is 1. The summed E-state index contributed by atoms with van der Waals surface area (Å²) in [4.78, 5) is 12.3. The number of carbonyl (C=O) groups excluding carboxylic acids is 1. The maximum atomic E-state index is 12.3. The fraction of sp³-hybridized carbons (Fsp3) is 0.471. The maximum Gasteiger partial charge on any atom is 0.230 e. The molecule has 1 aromatic heterocycles. The SMILES string of the molecule is CC(C)Nc1nnc(SCC(=O)N[C@@H]2CCCc3ccccc32)s1. The van der Waals surface area contributed by atoms with Crippen LogP contribution in [0.3, 0.4) is 0 Å². The fourth-order valence-corrected chi connectivity index (χ4v) is 4.55. The fourth-order valence-electron chi connectivity index (χ4n) is 2.84. The lowest BCUT2D eigenvalue weighted by molar-refractivity contribution is -0.119. The van der Waals surface area contributed by atoms with Gasteiger partial charge in [0.2, 0.25) is 11.0 Å². The summed E-state index contributed by atoms with van der Waals surface area (Å²) in [5.41, 5.74) is 2.62. The number of aryl methyl sites for hydroxylation is 1. The minimum Gasteiger partial charge on any atom is -0.358 e. The average Bonchev–Trinajstić information content (AvgIpc) is 3.00. The molecule has 24 heavy (non-hydrogen) atoms. The van der Waals surface area contributed by atoms with Crippen molar-refractivity contribution >= 4 is 34.1 Å². The standard InChI is InChI=1S/C17H22N4OS2/c1-11(2)18-16-20-21-17(24-16)23-10-15(22)19-14-9-5-7-12-6-3-4-8-13(12)14/h3-4,6,8,11,14H,5,7,9-10H2,1-2H3,(H,18,20)(H,19,22)/t14-/m1/s1. The third kappa shape index (κ3) is 4.48. The minimum atomic E-state index is 0.0512. The Morgan fingerprint density at radius 3 is 3.04 bits per heavy atom. The lowest BCUT2D eigenvalue weighted by atomic mass is 9.88. The van der Waals surface area contributed by atoms with Crippen molar-refractivity contribution in [3.8, 4) is 0 Å². The van der Waals surface area contributed by atoms with Gasteiger partial charge < -0.3 is 10.6 Å². The predicted molar refractivity (Wildman–Crippen MR) is 99.7 cm³/mol. The summed E-state index contributed by atoms with van der Waals surface area (Å²) in [6.45, 7) is 4.12. The Kier molecular flexibility index (Phi) is 5.73. The summed E-state index contributed by atoms with van der Waals surface area (Å²) in [7, 11) is 0. The molecular weight excluding hydrogens is 340 g/mol. The van der Waals surface area contributed by atoms with Gasteiger partial charge in [-0.15, -0.1) is 10.2 Å². The molecule has 1 amide bonds. The van der Waals surface area contributed by atoms with E-state index in [1.807, 2.05) is 6.07 Å². The molecule has 0 saturated heterocycles. The Morgan fingerprint density at radius 2 is 2.21 bits per heavy atom.